The molecule has 2 aliphatic rings. The van der Waals surface area contributed by atoms with Crippen LogP contribution < -0.4 is 26.2 Å². The summed E-state index contributed by atoms with van der Waals surface area (Å²) in [4.78, 5) is 5.20. The van der Waals surface area contributed by atoms with Crippen molar-refractivity contribution in [3.8, 4) is 72.4 Å². The van der Waals surface area contributed by atoms with E-state index < -0.39 is 0 Å². The zero-order valence-corrected chi connectivity index (χ0v) is 51.6. The van der Waals surface area contributed by atoms with Crippen molar-refractivity contribution in [3.05, 3.63) is 313 Å². The van der Waals surface area contributed by atoms with Crippen molar-refractivity contribution in [2.24, 2.45) is 0 Å². The number of benzene rings is 13. The van der Waals surface area contributed by atoms with E-state index in [2.05, 4.69) is 335 Å². The number of aromatic nitrogens is 1. The van der Waals surface area contributed by atoms with E-state index in [4.69, 9.17) is 0 Å². The van der Waals surface area contributed by atoms with E-state index in [0.29, 0.717) is 12.1 Å². The van der Waals surface area contributed by atoms with Crippen LogP contribution in [-0.4, -0.2) is 11.3 Å². The third-order valence-corrected chi connectivity index (χ3v) is 18.9. The van der Waals surface area contributed by atoms with Crippen LogP contribution in [0.3, 0.4) is 0 Å². The van der Waals surface area contributed by atoms with Crippen LogP contribution in [0, 0.1) is 13.8 Å². The van der Waals surface area contributed by atoms with Gasteiger partial charge < -0.3 is 14.4 Å². The predicted molar refractivity (Wildman–Crippen MR) is 385 cm³/mol. The largest absolute Gasteiger partial charge is 0.310 e. The number of hydrogen-bond donors (Lipinski definition) is 0. The SMILES string of the molecule is [2H]c1cc(-c2ccccc2)c(N2c3cc(-c4ccc(C)cc4C(C)C)ccc3B3c4ccc(-c5ccc(C)cc5C(C)C)cc4N(c4c(-c5ccccc5)cc([2H])cc4-c4ccccc4)c4cc(-n5c6ccccc6c6ccccc65)cc2c43)c(-c2ccccc2)c1. The van der Waals surface area contributed by atoms with E-state index >= 15 is 0 Å². The highest BCUT2D eigenvalue weighted by molar-refractivity contribution is 7.00. The van der Waals surface area contributed by atoms with Crippen molar-refractivity contribution in [1.29, 1.82) is 0 Å². The summed E-state index contributed by atoms with van der Waals surface area (Å²) in [6, 6.07) is 103. The number of para-hydroxylation sites is 4. The van der Waals surface area contributed by atoms with Crippen LogP contribution in [0.2, 0.25) is 0 Å². The molecule has 16 rings (SSSR count). The topological polar surface area (TPSA) is 11.4 Å². The molecule has 2 aliphatic heterocycles. The van der Waals surface area contributed by atoms with Crippen LogP contribution in [0.25, 0.3) is 94.3 Å². The van der Waals surface area contributed by atoms with E-state index in [1.165, 1.54) is 55.1 Å². The lowest BCUT2D eigenvalue weighted by Crippen LogP contribution is -2.61. The first kappa shape index (κ1) is 52.4. The summed E-state index contributed by atoms with van der Waals surface area (Å²) in [5.74, 6) is 0.544. The van der Waals surface area contributed by atoms with E-state index in [0.717, 1.165) is 112 Å². The predicted octanol–water partition coefficient (Wildman–Crippen LogP) is 21.7. The normalized spacial score (nSPS) is 12.8. The number of aryl methyl sites for hydroxylation is 2. The molecular formula is C86H68BN3. The number of fused-ring (bicyclic) bond motifs is 7. The highest BCUT2D eigenvalue weighted by atomic mass is 15.2. The number of anilines is 6. The second-order valence-electron chi connectivity index (χ2n) is 25.1. The molecule has 3 nitrogen and oxygen atoms in total. The molecule has 0 bridgehead atoms. The maximum atomic E-state index is 9.78. The molecule has 0 amide bonds. The fourth-order valence-corrected chi connectivity index (χ4v) is 14.8. The van der Waals surface area contributed by atoms with E-state index in [1.54, 1.807) is 0 Å². The van der Waals surface area contributed by atoms with Crippen molar-refractivity contribution >= 4 is 79.0 Å². The van der Waals surface area contributed by atoms with Crippen molar-refractivity contribution in [2.45, 2.75) is 53.4 Å². The molecule has 0 saturated heterocycles. The first-order valence-electron chi connectivity index (χ1n) is 32.7. The van der Waals surface area contributed by atoms with Gasteiger partial charge in [0.2, 0.25) is 0 Å². The summed E-state index contributed by atoms with van der Waals surface area (Å²) in [5.41, 5.74) is 30.7. The van der Waals surface area contributed by atoms with Gasteiger partial charge in [0.1, 0.15) is 0 Å². The van der Waals surface area contributed by atoms with Gasteiger partial charge in [-0.15, -0.1) is 0 Å². The molecule has 0 saturated carbocycles. The molecule has 430 valence electrons. The minimum Gasteiger partial charge on any atom is -0.310 e. The molecule has 0 unspecified atom stereocenters. The van der Waals surface area contributed by atoms with Gasteiger partial charge in [0.05, 0.1) is 30.8 Å². The average Bonchev–Trinajstić information content (AvgIpc) is 0.753. The Labute approximate surface area is 532 Å². The minimum absolute atomic E-state index is 0.272. The average molecular weight is 1160 g/mol. The van der Waals surface area contributed by atoms with Crippen LogP contribution >= 0.6 is 0 Å². The summed E-state index contributed by atoms with van der Waals surface area (Å²) in [6.45, 7) is 13.4. The lowest BCUT2D eigenvalue weighted by molar-refractivity contribution is 0.867. The van der Waals surface area contributed by atoms with Crippen molar-refractivity contribution in [1.82, 2.24) is 4.57 Å². The number of hydrogen-bond acceptors (Lipinski definition) is 2. The maximum absolute atomic E-state index is 9.78. The fraction of sp³-hybridized carbons (Fsp3) is 0.0930. The van der Waals surface area contributed by atoms with E-state index in [1.807, 2.05) is 0 Å². The van der Waals surface area contributed by atoms with Gasteiger partial charge in [0.15, 0.2) is 0 Å². The standard InChI is InChI=1S/C86H68BN3/c1-55(2)74-49-57(5)41-45-66(74)63-43-47-76-80(51-63)89(85-68(59-25-11-7-12-26-59)35-23-36-69(85)60-27-13-8-14-28-60)82-53-65(88-78-39-21-19-33-72(78)73-34-20-22-40-79(73)88)54-83-84(82)87(76)77-48-44-64(67-46-42-58(6)50-75(67)56(3)4)52-81(77)90(83)86-70(61-29-15-9-16-30-61)37-24-38-71(86)62-31-17-10-18-32-62/h7-56H,1-6H3/i23D,24D. The number of rotatable bonds is 11. The summed E-state index contributed by atoms with van der Waals surface area (Å²) < 4.78 is 22.0. The monoisotopic (exact) mass is 1160 g/mol. The Kier molecular flexibility index (Phi) is 12.9. The van der Waals surface area contributed by atoms with Crippen LogP contribution in [0.1, 0.15) is 64.5 Å². The molecule has 90 heavy (non-hydrogen) atoms. The Balaban J connectivity index is 1.13. The first-order chi connectivity index (χ1) is 44.9. The summed E-state index contributed by atoms with van der Waals surface area (Å²) >= 11 is 0. The van der Waals surface area contributed by atoms with Gasteiger partial charge in [0.25, 0.3) is 6.71 Å². The van der Waals surface area contributed by atoms with Crippen molar-refractivity contribution < 1.29 is 2.74 Å². The number of nitrogens with zero attached hydrogens (tertiary/aromatic N) is 3. The molecule has 4 heteroatoms. The van der Waals surface area contributed by atoms with Crippen LogP contribution in [0.4, 0.5) is 34.1 Å². The molecule has 0 radical (unpaired) electrons. The molecule has 3 heterocycles. The quantitative estimate of drug-likeness (QED) is 0.120. The third-order valence-electron chi connectivity index (χ3n) is 18.9. The summed E-state index contributed by atoms with van der Waals surface area (Å²) in [5, 5.41) is 2.35. The van der Waals surface area contributed by atoms with E-state index in [-0.39, 0.29) is 18.5 Å². The minimum atomic E-state index is -0.274. The Morgan fingerprint density at radius 3 is 1.04 bits per heavy atom. The molecule has 1 aromatic heterocycles. The van der Waals surface area contributed by atoms with Crippen LogP contribution in [0.5, 0.6) is 0 Å². The van der Waals surface area contributed by atoms with Gasteiger partial charge in [-0.2, -0.15) is 0 Å². The third kappa shape index (κ3) is 9.03. The highest BCUT2D eigenvalue weighted by Gasteiger charge is 2.46. The fourth-order valence-electron chi connectivity index (χ4n) is 14.8. The van der Waals surface area contributed by atoms with Crippen LogP contribution in [0.15, 0.2) is 291 Å². The van der Waals surface area contributed by atoms with E-state index in [9.17, 15) is 2.74 Å². The van der Waals surface area contributed by atoms with Crippen LogP contribution in [-0.2, 0) is 0 Å². The first-order valence-corrected chi connectivity index (χ1v) is 31.7. The highest BCUT2D eigenvalue weighted by Crippen LogP contribution is 2.54. The lowest BCUT2D eigenvalue weighted by atomic mass is 9.33. The molecule has 0 aliphatic carbocycles. The van der Waals surface area contributed by atoms with Gasteiger partial charge in [-0.3, -0.25) is 0 Å². The Morgan fingerprint density at radius 2 is 0.678 bits per heavy atom. The van der Waals surface area contributed by atoms with Gasteiger partial charge in [0, 0.05) is 55.8 Å². The Bertz CT molecular complexity index is 4790. The Morgan fingerprint density at radius 1 is 0.322 bits per heavy atom. The van der Waals surface area contributed by atoms with Crippen molar-refractivity contribution in [3.63, 3.8) is 0 Å². The van der Waals surface area contributed by atoms with Gasteiger partial charge in [-0.1, -0.05) is 294 Å². The summed E-state index contributed by atoms with van der Waals surface area (Å²) in [7, 11) is 0. The maximum Gasteiger partial charge on any atom is 0.252 e. The smallest absolute Gasteiger partial charge is 0.252 e. The second kappa shape index (κ2) is 22.2. The molecule has 0 spiro atoms. The van der Waals surface area contributed by atoms with Crippen molar-refractivity contribution in [2.75, 3.05) is 9.80 Å². The van der Waals surface area contributed by atoms with Gasteiger partial charge in [-0.05, 0) is 134 Å². The molecule has 14 aromatic rings. The zero-order valence-electron chi connectivity index (χ0n) is 53.6. The molecular weight excluding hydrogens is 1090 g/mol. The molecule has 13 aromatic carbocycles. The zero-order chi connectivity index (χ0) is 62.5. The Hall–Kier alpha value is -10.7. The lowest BCUT2D eigenvalue weighted by Gasteiger charge is -2.46. The molecule has 0 atom stereocenters. The molecule has 0 N–H and O–H groups in total. The molecule has 0 fully saturated rings. The van der Waals surface area contributed by atoms with Gasteiger partial charge in [-0.25, -0.2) is 0 Å². The second-order valence-corrected chi connectivity index (χ2v) is 25.1. The summed E-state index contributed by atoms with van der Waals surface area (Å²) in [6.07, 6.45) is 0. The van der Waals surface area contributed by atoms with Gasteiger partial charge >= 0.3 is 0 Å².